The van der Waals surface area contributed by atoms with Gasteiger partial charge in [0, 0.05) is 23.0 Å². The smallest absolute Gasteiger partial charge is 0.262 e. The quantitative estimate of drug-likeness (QED) is 0.474. The molecule has 7 nitrogen and oxygen atoms in total. The normalized spacial score (nSPS) is 10.2. The van der Waals surface area contributed by atoms with Crippen molar-refractivity contribution < 1.29 is 23.8 Å². The zero-order chi connectivity index (χ0) is 22.9. The third kappa shape index (κ3) is 6.15. The summed E-state index contributed by atoms with van der Waals surface area (Å²) < 4.78 is 16.3. The van der Waals surface area contributed by atoms with Crippen LogP contribution in [-0.2, 0) is 4.79 Å². The van der Waals surface area contributed by atoms with Crippen LogP contribution in [0.3, 0.4) is 0 Å². The number of ether oxygens (including phenoxy) is 3. The van der Waals surface area contributed by atoms with Crippen LogP contribution in [0.4, 0.5) is 11.4 Å². The summed E-state index contributed by atoms with van der Waals surface area (Å²) in [5.41, 5.74) is 1.50. The average molecular weight is 455 g/mol. The van der Waals surface area contributed by atoms with Crippen molar-refractivity contribution in [3.05, 3.63) is 77.3 Å². The van der Waals surface area contributed by atoms with Crippen molar-refractivity contribution in [2.45, 2.75) is 6.92 Å². The zero-order valence-corrected chi connectivity index (χ0v) is 18.4. The molecule has 2 amide bonds. The number of halogens is 1. The Morgan fingerprint density at radius 3 is 2.38 bits per heavy atom. The first-order valence-electron chi connectivity index (χ1n) is 9.89. The summed E-state index contributed by atoms with van der Waals surface area (Å²) in [5, 5.41) is 5.80. The molecule has 0 atom stereocenters. The SMILES string of the molecule is CCOc1c(Cl)cc(C(=O)Nc2cccc(OCC(=O)Nc3ccccc3)c2)cc1OC. The minimum absolute atomic E-state index is 0.169. The molecule has 0 fully saturated rings. The summed E-state index contributed by atoms with van der Waals surface area (Å²) in [6.07, 6.45) is 0. The highest BCUT2D eigenvalue weighted by atomic mass is 35.5. The molecule has 0 aromatic heterocycles. The van der Waals surface area contributed by atoms with Gasteiger partial charge >= 0.3 is 0 Å². The fourth-order valence-corrected chi connectivity index (χ4v) is 3.13. The second-order valence-corrected chi connectivity index (χ2v) is 7.01. The van der Waals surface area contributed by atoms with E-state index in [-0.39, 0.29) is 23.4 Å². The van der Waals surface area contributed by atoms with Gasteiger partial charge in [-0.25, -0.2) is 0 Å². The molecule has 0 bridgehead atoms. The van der Waals surface area contributed by atoms with Crippen molar-refractivity contribution in [3.8, 4) is 17.2 Å². The molecule has 2 N–H and O–H groups in total. The van der Waals surface area contributed by atoms with Crippen LogP contribution in [-0.4, -0.2) is 32.1 Å². The first-order chi connectivity index (χ1) is 15.5. The van der Waals surface area contributed by atoms with Crippen molar-refractivity contribution in [1.29, 1.82) is 0 Å². The van der Waals surface area contributed by atoms with Gasteiger partial charge < -0.3 is 24.8 Å². The summed E-state index contributed by atoms with van der Waals surface area (Å²) >= 11 is 6.25. The molecular weight excluding hydrogens is 432 g/mol. The van der Waals surface area contributed by atoms with Crippen molar-refractivity contribution in [3.63, 3.8) is 0 Å². The molecule has 0 saturated carbocycles. The number of methoxy groups -OCH3 is 1. The van der Waals surface area contributed by atoms with E-state index < -0.39 is 0 Å². The number of benzene rings is 3. The van der Waals surface area contributed by atoms with Gasteiger partial charge in [0.25, 0.3) is 11.8 Å². The summed E-state index contributed by atoms with van der Waals surface area (Å²) in [6.45, 7) is 2.08. The summed E-state index contributed by atoms with van der Waals surface area (Å²) in [6, 6.07) is 18.9. The highest BCUT2D eigenvalue weighted by molar-refractivity contribution is 6.32. The van der Waals surface area contributed by atoms with Gasteiger partial charge in [-0.05, 0) is 43.3 Å². The van der Waals surface area contributed by atoms with Crippen LogP contribution >= 0.6 is 11.6 Å². The number of amides is 2. The predicted octanol–water partition coefficient (Wildman–Crippen LogP) is 5.02. The first-order valence-corrected chi connectivity index (χ1v) is 10.3. The lowest BCUT2D eigenvalue weighted by molar-refractivity contribution is -0.118. The van der Waals surface area contributed by atoms with Gasteiger partial charge in [0.1, 0.15) is 5.75 Å². The van der Waals surface area contributed by atoms with Crippen LogP contribution in [0.1, 0.15) is 17.3 Å². The Bertz CT molecular complexity index is 1090. The van der Waals surface area contributed by atoms with Gasteiger partial charge in [0.15, 0.2) is 18.1 Å². The van der Waals surface area contributed by atoms with Crippen LogP contribution in [0.2, 0.25) is 5.02 Å². The van der Waals surface area contributed by atoms with Crippen LogP contribution < -0.4 is 24.8 Å². The Hall–Kier alpha value is -3.71. The van der Waals surface area contributed by atoms with Gasteiger partial charge in [-0.3, -0.25) is 9.59 Å². The number of rotatable bonds is 9. The van der Waals surface area contributed by atoms with Crippen molar-refractivity contribution in [2.75, 3.05) is 31.0 Å². The molecule has 0 saturated heterocycles. The van der Waals surface area contributed by atoms with E-state index in [0.29, 0.717) is 40.8 Å². The maximum atomic E-state index is 12.7. The van der Waals surface area contributed by atoms with E-state index >= 15 is 0 Å². The van der Waals surface area contributed by atoms with Crippen molar-refractivity contribution in [2.24, 2.45) is 0 Å². The summed E-state index contributed by atoms with van der Waals surface area (Å²) in [5.74, 6) is 0.519. The number of hydrogen-bond acceptors (Lipinski definition) is 5. The lowest BCUT2D eigenvalue weighted by Gasteiger charge is -2.13. The number of anilines is 2. The first kappa shape index (κ1) is 23.0. The fraction of sp³-hybridized carbons (Fsp3) is 0.167. The topological polar surface area (TPSA) is 85.9 Å². The molecule has 32 heavy (non-hydrogen) atoms. The standard InChI is InChI=1S/C24H23ClN2O5/c1-3-31-23-20(25)12-16(13-21(23)30-2)24(29)27-18-10-7-11-19(14-18)32-15-22(28)26-17-8-5-4-6-9-17/h4-14H,3,15H2,1-2H3,(H,26,28)(H,27,29). The van der Waals surface area contributed by atoms with Gasteiger partial charge in [0.2, 0.25) is 0 Å². The van der Waals surface area contributed by atoms with Gasteiger partial charge in [-0.2, -0.15) is 0 Å². The maximum absolute atomic E-state index is 12.7. The molecule has 0 aliphatic rings. The average Bonchev–Trinajstić information content (AvgIpc) is 2.80. The molecule has 0 spiro atoms. The Labute approximate surface area is 191 Å². The molecule has 3 aromatic rings. The summed E-state index contributed by atoms with van der Waals surface area (Å²) in [7, 11) is 1.48. The van der Waals surface area contributed by atoms with E-state index in [1.807, 2.05) is 25.1 Å². The molecular formula is C24H23ClN2O5. The highest BCUT2D eigenvalue weighted by Crippen LogP contribution is 2.36. The molecule has 0 aliphatic heterocycles. The van der Waals surface area contributed by atoms with Crippen LogP contribution in [0.5, 0.6) is 17.2 Å². The monoisotopic (exact) mass is 454 g/mol. The predicted molar refractivity (Wildman–Crippen MR) is 124 cm³/mol. The molecule has 0 radical (unpaired) electrons. The lowest BCUT2D eigenvalue weighted by Crippen LogP contribution is -2.20. The van der Waals surface area contributed by atoms with Gasteiger partial charge in [0.05, 0.1) is 18.7 Å². The molecule has 0 heterocycles. The molecule has 3 aromatic carbocycles. The minimum atomic E-state index is -0.382. The van der Waals surface area contributed by atoms with Crippen LogP contribution in [0.15, 0.2) is 66.7 Å². The second kappa shape index (κ2) is 11.1. The largest absolute Gasteiger partial charge is 0.493 e. The minimum Gasteiger partial charge on any atom is -0.493 e. The van der Waals surface area contributed by atoms with E-state index in [9.17, 15) is 9.59 Å². The van der Waals surface area contributed by atoms with Crippen molar-refractivity contribution in [1.82, 2.24) is 0 Å². The number of para-hydroxylation sites is 1. The van der Waals surface area contributed by atoms with E-state index in [1.54, 1.807) is 42.5 Å². The number of carbonyl (C=O) groups excluding carboxylic acids is 2. The molecule has 166 valence electrons. The number of carbonyl (C=O) groups is 2. The van der Waals surface area contributed by atoms with Gasteiger partial charge in [-0.1, -0.05) is 35.9 Å². The van der Waals surface area contributed by atoms with E-state index in [4.69, 9.17) is 25.8 Å². The zero-order valence-electron chi connectivity index (χ0n) is 17.7. The third-order valence-corrected chi connectivity index (χ3v) is 4.58. The molecule has 3 rings (SSSR count). The fourth-order valence-electron chi connectivity index (χ4n) is 2.87. The maximum Gasteiger partial charge on any atom is 0.262 e. The lowest BCUT2D eigenvalue weighted by atomic mass is 10.1. The Morgan fingerprint density at radius 1 is 0.906 bits per heavy atom. The Kier molecular flexibility index (Phi) is 7.94. The number of hydrogen-bond donors (Lipinski definition) is 2. The second-order valence-electron chi connectivity index (χ2n) is 6.61. The Morgan fingerprint density at radius 2 is 1.66 bits per heavy atom. The Balaban J connectivity index is 1.63. The molecule has 0 unspecified atom stereocenters. The highest BCUT2D eigenvalue weighted by Gasteiger charge is 2.16. The van der Waals surface area contributed by atoms with E-state index in [1.165, 1.54) is 13.2 Å². The third-order valence-electron chi connectivity index (χ3n) is 4.30. The number of nitrogens with one attached hydrogen (secondary N) is 2. The van der Waals surface area contributed by atoms with E-state index in [0.717, 1.165) is 0 Å². The van der Waals surface area contributed by atoms with Gasteiger partial charge in [-0.15, -0.1) is 0 Å². The van der Waals surface area contributed by atoms with E-state index in [2.05, 4.69) is 10.6 Å². The molecule has 8 heteroatoms. The van der Waals surface area contributed by atoms with Crippen molar-refractivity contribution >= 4 is 34.8 Å². The summed E-state index contributed by atoms with van der Waals surface area (Å²) in [4.78, 5) is 24.8. The van der Waals surface area contributed by atoms with Crippen LogP contribution in [0.25, 0.3) is 0 Å². The molecule has 0 aliphatic carbocycles. The van der Waals surface area contributed by atoms with Crippen LogP contribution in [0, 0.1) is 0 Å².